The number of carbonyl (C=O) groups is 2. The Kier molecular flexibility index (Phi) is 6.87. The summed E-state index contributed by atoms with van der Waals surface area (Å²) in [6, 6.07) is 12.7. The van der Waals surface area contributed by atoms with Crippen LogP contribution in [0.4, 0.5) is 11.4 Å². The van der Waals surface area contributed by atoms with Crippen molar-refractivity contribution in [3.63, 3.8) is 0 Å². The molecular formula is C21H20N4O4S. The normalized spacial score (nSPS) is 13.3. The SMILES string of the molecule is O=C(/C=C/c1ccc([N+](=O)[O-])cc1)NC(=S)Nc1ccc(C(=O)N2CCCC2)cc1. The summed E-state index contributed by atoms with van der Waals surface area (Å²) in [5.41, 5.74) is 1.89. The summed E-state index contributed by atoms with van der Waals surface area (Å²) in [7, 11) is 0. The second-order valence-corrected chi connectivity index (χ2v) is 7.11. The van der Waals surface area contributed by atoms with Crippen molar-refractivity contribution >= 4 is 46.6 Å². The summed E-state index contributed by atoms with van der Waals surface area (Å²) in [5, 5.41) is 16.2. The van der Waals surface area contributed by atoms with Gasteiger partial charge in [0.1, 0.15) is 0 Å². The van der Waals surface area contributed by atoms with Gasteiger partial charge in [-0.15, -0.1) is 0 Å². The average molecular weight is 424 g/mol. The van der Waals surface area contributed by atoms with Crippen molar-refractivity contribution in [1.29, 1.82) is 0 Å². The second kappa shape index (κ2) is 9.75. The van der Waals surface area contributed by atoms with Gasteiger partial charge in [0.2, 0.25) is 5.91 Å². The van der Waals surface area contributed by atoms with Gasteiger partial charge in [0.15, 0.2) is 5.11 Å². The van der Waals surface area contributed by atoms with Crippen LogP contribution in [0.1, 0.15) is 28.8 Å². The highest BCUT2D eigenvalue weighted by Gasteiger charge is 2.19. The molecule has 1 saturated heterocycles. The zero-order valence-corrected chi connectivity index (χ0v) is 16.9. The molecule has 3 rings (SSSR count). The maximum Gasteiger partial charge on any atom is 0.269 e. The fourth-order valence-corrected chi connectivity index (χ4v) is 3.21. The molecule has 1 heterocycles. The maximum atomic E-state index is 12.3. The molecule has 0 aliphatic carbocycles. The number of thiocarbonyl (C=S) groups is 1. The average Bonchev–Trinajstić information content (AvgIpc) is 3.27. The Morgan fingerprint density at radius 1 is 1.03 bits per heavy atom. The van der Waals surface area contributed by atoms with Crippen LogP contribution in [0.25, 0.3) is 6.08 Å². The third kappa shape index (κ3) is 5.71. The number of nitrogens with one attached hydrogen (secondary N) is 2. The summed E-state index contributed by atoms with van der Waals surface area (Å²) >= 11 is 5.13. The lowest BCUT2D eigenvalue weighted by Gasteiger charge is -2.15. The standard InChI is InChI=1S/C21H20N4O4S/c26-19(12-5-15-3-10-18(11-4-15)25(28)29)23-21(30)22-17-8-6-16(7-9-17)20(27)24-13-1-2-14-24/h3-12H,1-2,13-14H2,(H2,22,23,26,30)/b12-5+. The van der Waals surface area contributed by atoms with Crippen LogP contribution in [0, 0.1) is 10.1 Å². The van der Waals surface area contributed by atoms with Gasteiger partial charge in [-0.05, 0) is 73.1 Å². The number of amides is 2. The van der Waals surface area contributed by atoms with Crippen LogP contribution in [-0.2, 0) is 4.79 Å². The molecule has 1 fully saturated rings. The Bertz CT molecular complexity index is 981. The van der Waals surface area contributed by atoms with E-state index in [4.69, 9.17) is 12.2 Å². The van der Waals surface area contributed by atoms with E-state index in [1.807, 2.05) is 4.90 Å². The van der Waals surface area contributed by atoms with E-state index < -0.39 is 10.8 Å². The number of nitrogens with zero attached hydrogens (tertiary/aromatic N) is 2. The monoisotopic (exact) mass is 424 g/mol. The quantitative estimate of drug-likeness (QED) is 0.330. The first kappa shape index (κ1) is 21.1. The molecule has 1 aliphatic heterocycles. The fourth-order valence-electron chi connectivity index (χ4n) is 2.99. The molecule has 0 atom stereocenters. The van der Waals surface area contributed by atoms with Gasteiger partial charge in [0.25, 0.3) is 11.6 Å². The van der Waals surface area contributed by atoms with Crippen molar-refractivity contribution < 1.29 is 14.5 Å². The first-order valence-corrected chi connectivity index (χ1v) is 9.77. The van der Waals surface area contributed by atoms with Crippen molar-refractivity contribution in [3.8, 4) is 0 Å². The zero-order valence-electron chi connectivity index (χ0n) is 16.0. The number of nitro benzene ring substituents is 1. The third-order valence-electron chi connectivity index (χ3n) is 4.55. The Hall–Kier alpha value is -3.59. The van der Waals surface area contributed by atoms with E-state index >= 15 is 0 Å². The molecule has 30 heavy (non-hydrogen) atoms. The second-order valence-electron chi connectivity index (χ2n) is 6.70. The van der Waals surface area contributed by atoms with Crippen LogP contribution in [0.15, 0.2) is 54.6 Å². The molecule has 0 radical (unpaired) electrons. The molecule has 154 valence electrons. The molecule has 0 spiro atoms. The molecular weight excluding hydrogens is 404 g/mol. The molecule has 2 aromatic carbocycles. The number of hydrogen-bond donors (Lipinski definition) is 2. The molecule has 8 nitrogen and oxygen atoms in total. The highest BCUT2D eigenvalue weighted by atomic mass is 32.1. The number of nitro groups is 1. The van der Waals surface area contributed by atoms with E-state index in [0.717, 1.165) is 25.9 Å². The van der Waals surface area contributed by atoms with Gasteiger partial charge in [-0.2, -0.15) is 0 Å². The molecule has 9 heteroatoms. The van der Waals surface area contributed by atoms with Crippen LogP contribution in [0.2, 0.25) is 0 Å². The van der Waals surface area contributed by atoms with Crippen LogP contribution < -0.4 is 10.6 Å². The van der Waals surface area contributed by atoms with E-state index in [-0.39, 0.29) is 16.7 Å². The Morgan fingerprint density at radius 2 is 1.67 bits per heavy atom. The van der Waals surface area contributed by atoms with Gasteiger partial charge in [0, 0.05) is 42.5 Å². The van der Waals surface area contributed by atoms with Crippen LogP contribution in [-0.4, -0.2) is 39.8 Å². The Balaban J connectivity index is 1.50. The topological polar surface area (TPSA) is 105 Å². The molecule has 2 aromatic rings. The number of non-ortho nitro benzene ring substituents is 1. The Labute approximate surface area is 178 Å². The smallest absolute Gasteiger partial charge is 0.269 e. The number of carbonyl (C=O) groups excluding carboxylic acids is 2. The lowest BCUT2D eigenvalue weighted by atomic mass is 10.2. The number of hydrogen-bond acceptors (Lipinski definition) is 5. The van der Waals surface area contributed by atoms with Gasteiger partial charge >= 0.3 is 0 Å². The summed E-state index contributed by atoms with van der Waals surface area (Å²) in [6.07, 6.45) is 4.89. The summed E-state index contributed by atoms with van der Waals surface area (Å²) in [6.45, 7) is 1.59. The summed E-state index contributed by atoms with van der Waals surface area (Å²) < 4.78 is 0. The number of anilines is 1. The van der Waals surface area contributed by atoms with E-state index in [2.05, 4.69) is 10.6 Å². The van der Waals surface area contributed by atoms with E-state index in [1.165, 1.54) is 24.3 Å². The van der Waals surface area contributed by atoms with Gasteiger partial charge in [-0.1, -0.05) is 0 Å². The molecule has 2 N–H and O–H groups in total. The Morgan fingerprint density at radius 3 is 2.27 bits per heavy atom. The van der Waals surface area contributed by atoms with Gasteiger partial charge in [0.05, 0.1) is 4.92 Å². The highest BCUT2D eigenvalue weighted by Crippen LogP contribution is 2.16. The van der Waals surface area contributed by atoms with Crippen LogP contribution in [0.3, 0.4) is 0 Å². The minimum atomic E-state index is -0.487. The summed E-state index contributed by atoms with van der Waals surface area (Å²) in [4.78, 5) is 36.3. The lowest BCUT2D eigenvalue weighted by Crippen LogP contribution is -2.32. The van der Waals surface area contributed by atoms with Gasteiger partial charge in [-0.25, -0.2) is 0 Å². The largest absolute Gasteiger partial charge is 0.339 e. The number of likely N-dealkylation sites (tertiary alicyclic amines) is 1. The fraction of sp³-hybridized carbons (Fsp3) is 0.190. The van der Waals surface area contributed by atoms with Crippen LogP contribution >= 0.6 is 12.2 Å². The molecule has 0 unspecified atom stereocenters. The van der Waals surface area contributed by atoms with Gasteiger partial charge < -0.3 is 10.2 Å². The van der Waals surface area contributed by atoms with Crippen molar-refractivity contribution in [2.24, 2.45) is 0 Å². The minimum absolute atomic E-state index is 0.0184. The van der Waals surface area contributed by atoms with Crippen LogP contribution in [0.5, 0.6) is 0 Å². The number of rotatable bonds is 5. The summed E-state index contributed by atoms with van der Waals surface area (Å²) in [5.74, 6) is -0.419. The minimum Gasteiger partial charge on any atom is -0.339 e. The van der Waals surface area contributed by atoms with E-state index in [9.17, 15) is 19.7 Å². The van der Waals surface area contributed by atoms with Crippen molar-refractivity contribution in [2.45, 2.75) is 12.8 Å². The predicted molar refractivity (Wildman–Crippen MR) is 118 cm³/mol. The molecule has 1 aliphatic rings. The highest BCUT2D eigenvalue weighted by molar-refractivity contribution is 7.80. The lowest BCUT2D eigenvalue weighted by molar-refractivity contribution is -0.384. The van der Waals surface area contributed by atoms with Gasteiger partial charge in [-0.3, -0.25) is 25.0 Å². The molecule has 2 amide bonds. The first-order chi connectivity index (χ1) is 14.4. The molecule has 0 aromatic heterocycles. The first-order valence-electron chi connectivity index (χ1n) is 9.36. The zero-order chi connectivity index (χ0) is 21.5. The molecule has 0 saturated carbocycles. The van der Waals surface area contributed by atoms with Crippen molar-refractivity contribution in [2.75, 3.05) is 18.4 Å². The molecule has 0 bridgehead atoms. The van der Waals surface area contributed by atoms with Crippen molar-refractivity contribution in [1.82, 2.24) is 10.2 Å². The third-order valence-corrected chi connectivity index (χ3v) is 4.75. The predicted octanol–water partition coefficient (Wildman–Crippen LogP) is 3.36. The maximum absolute atomic E-state index is 12.3. The van der Waals surface area contributed by atoms with E-state index in [0.29, 0.717) is 16.8 Å². The van der Waals surface area contributed by atoms with E-state index in [1.54, 1.807) is 36.4 Å². The number of benzene rings is 2. The van der Waals surface area contributed by atoms with Crippen molar-refractivity contribution in [3.05, 3.63) is 75.8 Å².